The fourth-order valence-electron chi connectivity index (χ4n) is 3.63. The molecule has 31 heavy (non-hydrogen) atoms. The van der Waals surface area contributed by atoms with Crippen molar-refractivity contribution in [3.63, 3.8) is 0 Å². The predicted octanol–water partition coefficient (Wildman–Crippen LogP) is 4.31. The number of fused-ring (bicyclic) bond motifs is 1. The van der Waals surface area contributed by atoms with Crippen LogP contribution in [0.3, 0.4) is 0 Å². The first-order valence-electron chi connectivity index (χ1n) is 10.1. The molecule has 0 aliphatic carbocycles. The summed E-state index contributed by atoms with van der Waals surface area (Å²) in [5.74, 6) is 0.587. The quantitative estimate of drug-likeness (QED) is 0.440. The van der Waals surface area contributed by atoms with Crippen molar-refractivity contribution in [2.24, 2.45) is 0 Å². The molecular weight excluding hydrogens is 383 g/mol. The fraction of sp³-hybridized carbons (Fsp3) is 0. The van der Waals surface area contributed by atoms with E-state index < -0.39 is 7.12 Å². The molecule has 148 valence electrons. The maximum atomic E-state index is 9.38. The van der Waals surface area contributed by atoms with Crippen LogP contribution in [0, 0.1) is 0 Å². The summed E-state index contributed by atoms with van der Waals surface area (Å²) >= 11 is 0. The van der Waals surface area contributed by atoms with Crippen LogP contribution in [-0.4, -0.2) is 27.1 Å². The first-order valence-corrected chi connectivity index (χ1v) is 10.1. The van der Waals surface area contributed by atoms with Crippen molar-refractivity contribution < 1.29 is 10.0 Å². The van der Waals surface area contributed by atoms with Crippen molar-refractivity contribution >= 4 is 23.4 Å². The van der Waals surface area contributed by atoms with Gasteiger partial charge in [-0.2, -0.15) is 0 Å². The molecule has 0 atom stereocenters. The summed E-state index contributed by atoms with van der Waals surface area (Å²) in [6.45, 7) is 0. The molecule has 0 bridgehead atoms. The number of hydrogen-bond donors (Lipinski definition) is 2. The van der Waals surface area contributed by atoms with Gasteiger partial charge in [0.25, 0.3) is 0 Å². The molecule has 0 saturated heterocycles. The maximum Gasteiger partial charge on any atom is 0.488 e. The van der Waals surface area contributed by atoms with Crippen LogP contribution in [0.2, 0.25) is 0 Å². The van der Waals surface area contributed by atoms with Crippen LogP contribution in [0.15, 0.2) is 103 Å². The Balaban J connectivity index is 1.67. The minimum absolute atomic E-state index is 0.428. The van der Waals surface area contributed by atoms with Gasteiger partial charge in [0.1, 0.15) is 0 Å². The molecule has 1 heterocycles. The van der Waals surface area contributed by atoms with E-state index in [1.165, 1.54) is 5.39 Å². The summed E-state index contributed by atoms with van der Waals surface area (Å²) in [6.07, 6.45) is 0. The van der Waals surface area contributed by atoms with Gasteiger partial charge < -0.3 is 10.0 Å². The first kappa shape index (κ1) is 19.2. The van der Waals surface area contributed by atoms with Gasteiger partial charge in [0.2, 0.25) is 0 Å². The second-order valence-corrected chi connectivity index (χ2v) is 7.39. The molecule has 2 N–H and O–H groups in total. The van der Waals surface area contributed by atoms with E-state index in [9.17, 15) is 10.0 Å². The number of aromatic nitrogens is 2. The van der Waals surface area contributed by atoms with Crippen molar-refractivity contribution in [2.45, 2.75) is 0 Å². The highest BCUT2D eigenvalue weighted by molar-refractivity contribution is 6.58. The van der Waals surface area contributed by atoms with Crippen molar-refractivity contribution in [3.8, 4) is 33.9 Å². The van der Waals surface area contributed by atoms with Crippen molar-refractivity contribution in [3.05, 3.63) is 103 Å². The van der Waals surface area contributed by atoms with E-state index in [0.29, 0.717) is 11.3 Å². The molecule has 0 saturated carbocycles. The summed E-state index contributed by atoms with van der Waals surface area (Å²) < 4.78 is 0. The van der Waals surface area contributed by atoms with Crippen LogP contribution >= 0.6 is 0 Å². The Kier molecular flexibility index (Phi) is 5.04. The summed E-state index contributed by atoms with van der Waals surface area (Å²) in [5, 5.41) is 21.1. The topological polar surface area (TPSA) is 66.2 Å². The number of rotatable bonds is 4. The lowest BCUT2D eigenvalue weighted by atomic mass is 9.80. The molecule has 0 unspecified atom stereocenters. The zero-order chi connectivity index (χ0) is 21.2. The summed E-state index contributed by atoms with van der Waals surface area (Å²) in [7, 11) is -1.50. The molecule has 1 aromatic heterocycles. The minimum Gasteiger partial charge on any atom is -0.423 e. The zero-order valence-electron chi connectivity index (χ0n) is 16.7. The van der Waals surface area contributed by atoms with Crippen LogP contribution in [0.1, 0.15) is 0 Å². The van der Waals surface area contributed by atoms with E-state index in [1.54, 1.807) is 12.1 Å². The highest BCUT2D eigenvalue weighted by Crippen LogP contribution is 2.29. The van der Waals surface area contributed by atoms with Gasteiger partial charge >= 0.3 is 7.12 Å². The van der Waals surface area contributed by atoms with Gasteiger partial charge in [-0.1, -0.05) is 91.0 Å². The molecule has 0 amide bonds. The van der Waals surface area contributed by atoms with Gasteiger partial charge in [-0.25, -0.2) is 9.97 Å². The third-order valence-electron chi connectivity index (χ3n) is 5.31. The van der Waals surface area contributed by atoms with E-state index in [4.69, 9.17) is 9.97 Å². The van der Waals surface area contributed by atoms with Crippen molar-refractivity contribution in [2.75, 3.05) is 0 Å². The molecule has 0 fully saturated rings. The van der Waals surface area contributed by atoms with E-state index >= 15 is 0 Å². The third kappa shape index (κ3) is 3.97. The lowest BCUT2D eigenvalue weighted by Crippen LogP contribution is -2.29. The fourth-order valence-corrected chi connectivity index (χ4v) is 3.63. The molecular formula is C26H19BN2O2. The van der Waals surface area contributed by atoms with Crippen molar-refractivity contribution in [1.29, 1.82) is 0 Å². The van der Waals surface area contributed by atoms with E-state index in [2.05, 4.69) is 30.3 Å². The molecule has 5 aromatic rings. The second kappa shape index (κ2) is 8.15. The Bertz CT molecular complexity index is 1350. The monoisotopic (exact) mass is 402 g/mol. The molecule has 0 aliphatic rings. The summed E-state index contributed by atoms with van der Waals surface area (Å²) in [6, 6.07) is 33.6. The highest BCUT2D eigenvalue weighted by atomic mass is 16.4. The lowest BCUT2D eigenvalue weighted by molar-refractivity contribution is 0.426. The molecule has 0 aliphatic heterocycles. The molecule has 5 rings (SSSR count). The Hall–Kier alpha value is -3.80. The Morgan fingerprint density at radius 3 is 1.84 bits per heavy atom. The largest absolute Gasteiger partial charge is 0.488 e. The third-order valence-corrected chi connectivity index (χ3v) is 5.31. The predicted molar refractivity (Wildman–Crippen MR) is 126 cm³/mol. The number of nitrogens with zero attached hydrogens (tertiary/aromatic N) is 2. The standard InChI is InChI=1S/C26H19BN2O2/c30-27(31)23-14-12-20(13-15-23)26-28-24(19-7-2-1-3-8-19)17-25(29-26)22-11-10-18-6-4-5-9-21(18)16-22/h1-17,30-31H. The van der Waals surface area contributed by atoms with E-state index in [-0.39, 0.29) is 0 Å². The highest BCUT2D eigenvalue weighted by Gasteiger charge is 2.13. The lowest BCUT2D eigenvalue weighted by Gasteiger charge is -2.10. The zero-order valence-corrected chi connectivity index (χ0v) is 16.7. The van der Waals surface area contributed by atoms with Crippen LogP contribution in [-0.2, 0) is 0 Å². The summed E-state index contributed by atoms with van der Waals surface area (Å²) in [5.41, 5.74) is 4.93. The van der Waals surface area contributed by atoms with E-state index in [1.807, 2.05) is 60.7 Å². The van der Waals surface area contributed by atoms with E-state index in [0.717, 1.165) is 33.5 Å². The SMILES string of the molecule is OB(O)c1ccc(-c2nc(-c3ccccc3)cc(-c3ccc4ccccc4c3)n2)cc1. The van der Waals surface area contributed by atoms with Crippen LogP contribution in [0.25, 0.3) is 44.7 Å². The second-order valence-electron chi connectivity index (χ2n) is 7.39. The van der Waals surface area contributed by atoms with Crippen LogP contribution in [0.5, 0.6) is 0 Å². The van der Waals surface area contributed by atoms with Gasteiger partial charge in [-0.15, -0.1) is 0 Å². The molecule has 5 heteroatoms. The van der Waals surface area contributed by atoms with Crippen LogP contribution in [0.4, 0.5) is 0 Å². The first-order chi connectivity index (χ1) is 15.2. The maximum absolute atomic E-state index is 9.38. The molecule has 4 nitrogen and oxygen atoms in total. The number of hydrogen-bond acceptors (Lipinski definition) is 4. The van der Waals surface area contributed by atoms with Gasteiger partial charge in [-0.3, -0.25) is 0 Å². The van der Waals surface area contributed by atoms with Gasteiger partial charge in [0, 0.05) is 16.7 Å². The molecule has 0 radical (unpaired) electrons. The smallest absolute Gasteiger partial charge is 0.423 e. The van der Waals surface area contributed by atoms with Crippen molar-refractivity contribution in [1.82, 2.24) is 9.97 Å². The van der Waals surface area contributed by atoms with Gasteiger partial charge in [-0.05, 0) is 28.4 Å². The van der Waals surface area contributed by atoms with Crippen LogP contribution < -0.4 is 5.46 Å². The number of benzene rings is 4. The molecule has 0 spiro atoms. The Morgan fingerprint density at radius 2 is 1.13 bits per heavy atom. The average molecular weight is 402 g/mol. The van der Waals surface area contributed by atoms with Gasteiger partial charge in [0.15, 0.2) is 5.82 Å². The molecule has 4 aromatic carbocycles. The Morgan fingerprint density at radius 1 is 0.516 bits per heavy atom. The average Bonchev–Trinajstić information content (AvgIpc) is 2.84. The Labute approximate surface area is 180 Å². The van der Waals surface area contributed by atoms with Gasteiger partial charge in [0.05, 0.1) is 11.4 Å². The summed E-state index contributed by atoms with van der Waals surface area (Å²) in [4.78, 5) is 9.64. The normalized spacial score (nSPS) is 10.9. The minimum atomic E-state index is -1.50.